The molecule has 2 aromatic rings. The van der Waals surface area contributed by atoms with Crippen molar-refractivity contribution in [3.63, 3.8) is 0 Å². The summed E-state index contributed by atoms with van der Waals surface area (Å²) in [5.74, 6) is 0.865. The van der Waals surface area contributed by atoms with E-state index in [0.717, 1.165) is 26.9 Å². The number of aromatic nitrogens is 1. The third-order valence-corrected chi connectivity index (χ3v) is 3.10. The number of hydrogen-bond donors (Lipinski definition) is 1. The van der Waals surface area contributed by atoms with E-state index in [-0.39, 0.29) is 0 Å². The maximum absolute atomic E-state index is 5.86. The molecule has 1 heterocycles. The number of nitrogens with zero attached hydrogens (tertiary/aromatic N) is 1. The second-order valence-corrected chi connectivity index (χ2v) is 4.98. The number of benzene rings is 1. The van der Waals surface area contributed by atoms with E-state index in [4.69, 9.17) is 10.5 Å². The number of aryl methyl sites for hydroxylation is 1. The van der Waals surface area contributed by atoms with Gasteiger partial charge in [-0.2, -0.15) is 0 Å². The molecule has 0 aliphatic rings. The highest BCUT2D eigenvalue weighted by Gasteiger charge is 2.08. The van der Waals surface area contributed by atoms with Gasteiger partial charge in [0, 0.05) is 34.5 Å². The van der Waals surface area contributed by atoms with Crippen molar-refractivity contribution in [1.29, 1.82) is 0 Å². The Morgan fingerprint density at radius 3 is 2.89 bits per heavy atom. The van der Waals surface area contributed by atoms with Crippen LogP contribution in [0.4, 0.5) is 0 Å². The van der Waals surface area contributed by atoms with Crippen LogP contribution in [0.2, 0.25) is 0 Å². The van der Waals surface area contributed by atoms with Crippen molar-refractivity contribution in [3.8, 4) is 5.75 Å². The van der Waals surface area contributed by atoms with Crippen LogP contribution in [0.3, 0.4) is 0 Å². The lowest BCUT2D eigenvalue weighted by atomic mass is 10.1. The first kappa shape index (κ1) is 13.1. The molecule has 0 atom stereocenters. The molecule has 2 N–H and O–H groups in total. The summed E-state index contributed by atoms with van der Waals surface area (Å²) in [5.41, 5.74) is 8.87. The standard InChI is InChI=1S/C14H15BrN2O/c1-10-5-13(15)6-12(7-16)14(10)18-9-11-3-2-4-17-8-11/h2-6,8H,7,9,16H2,1H3. The van der Waals surface area contributed by atoms with Gasteiger partial charge in [-0.15, -0.1) is 0 Å². The molecule has 4 heteroatoms. The third kappa shape index (κ3) is 3.09. The van der Waals surface area contributed by atoms with E-state index in [0.29, 0.717) is 13.2 Å². The molecule has 0 bridgehead atoms. The first-order valence-electron chi connectivity index (χ1n) is 5.71. The number of ether oxygens (including phenoxy) is 1. The molecule has 1 aromatic carbocycles. The molecule has 0 spiro atoms. The molecule has 0 unspecified atom stereocenters. The molecule has 0 saturated heterocycles. The summed E-state index contributed by atoms with van der Waals surface area (Å²) in [7, 11) is 0. The maximum atomic E-state index is 5.86. The van der Waals surface area contributed by atoms with Crippen molar-refractivity contribution in [2.24, 2.45) is 5.73 Å². The fourth-order valence-electron chi connectivity index (χ4n) is 1.80. The zero-order valence-electron chi connectivity index (χ0n) is 10.2. The van der Waals surface area contributed by atoms with Crippen LogP contribution >= 0.6 is 15.9 Å². The quantitative estimate of drug-likeness (QED) is 0.943. The van der Waals surface area contributed by atoms with Gasteiger partial charge >= 0.3 is 0 Å². The Hall–Kier alpha value is -1.39. The van der Waals surface area contributed by atoms with Gasteiger partial charge in [-0.1, -0.05) is 22.0 Å². The zero-order valence-corrected chi connectivity index (χ0v) is 11.8. The van der Waals surface area contributed by atoms with Crippen LogP contribution in [-0.2, 0) is 13.2 Å². The number of hydrogen-bond acceptors (Lipinski definition) is 3. The van der Waals surface area contributed by atoms with Crippen molar-refractivity contribution in [2.45, 2.75) is 20.1 Å². The number of halogens is 1. The second kappa shape index (κ2) is 5.98. The Balaban J connectivity index is 2.19. The topological polar surface area (TPSA) is 48.1 Å². The largest absolute Gasteiger partial charge is 0.488 e. The van der Waals surface area contributed by atoms with Gasteiger partial charge in [0.1, 0.15) is 12.4 Å². The van der Waals surface area contributed by atoms with E-state index in [1.54, 1.807) is 12.4 Å². The summed E-state index contributed by atoms with van der Waals surface area (Å²) in [4.78, 5) is 4.06. The van der Waals surface area contributed by atoms with Gasteiger partial charge in [0.25, 0.3) is 0 Å². The van der Waals surface area contributed by atoms with Gasteiger partial charge in [0.2, 0.25) is 0 Å². The molecule has 0 saturated carbocycles. The fraction of sp³-hybridized carbons (Fsp3) is 0.214. The number of rotatable bonds is 4. The monoisotopic (exact) mass is 306 g/mol. The van der Waals surface area contributed by atoms with Crippen LogP contribution in [0, 0.1) is 6.92 Å². The number of pyridine rings is 1. The van der Waals surface area contributed by atoms with Gasteiger partial charge in [-0.3, -0.25) is 4.98 Å². The normalized spacial score (nSPS) is 10.4. The lowest BCUT2D eigenvalue weighted by Crippen LogP contribution is -2.04. The molecular weight excluding hydrogens is 292 g/mol. The van der Waals surface area contributed by atoms with E-state index in [2.05, 4.69) is 20.9 Å². The van der Waals surface area contributed by atoms with E-state index < -0.39 is 0 Å². The van der Waals surface area contributed by atoms with E-state index in [1.165, 1.54) is 0 Å². The average Bonchev–Trinajstić information content (AvgIpc) is 2.38. The van der Waals surface area contributed by atoms with E-state index in [1.807, 2.05) is 31.2 Å². The van der Waals surface area contributed by atoms with Crippen LogP contribution in [0.15, 0.2) is 41.1 Å². The van der Waals surface area contributed by atoms with Gasteiger partial charge in [-0.25, -0.2) is 0 Å². The van der Waals surface area contributed by atoms with Crippen molar-refractivity contribution in [1.82, 2.24) is 4.98 Å². The third-order valence-electron chi connectivity index (χ3n) is 2.64. The van der Waals surface area contributed by atoms with Crippen molar-refractivity contribution >= 4 is 15.9 Å². The van der Waals surface area contributed by atoms with Crippen LogP contribution < -0.4 is 10.5 Å². The Labute approximate surface area is 115 Å². The average molecular weight is 307 g/mol. The molecule has 0 aliphatic carbocycles. The van der Waals surface area contributed by atoms with Crippen LogP contribution in [0.5, 0.6) is 5.75 Å². The Morgan fingerprint density at radius 2 is 2.22 bits per heavy atom. The van der Waals surface area contributed by atoms with Gasteiger partial charge in [0.05, 0.1) is 0 Å². The summed E-state index contributed by atoms with van der Waals surface area (Å²) in [6, 6.07) is 7.91. The molecular formula is C14H15BrN2O. The summed E-state index contributed by atoms with van der Waals surface area (Å²) in [6.45, 7) is 2.98. The SMILES string of the molecule is Cc1cc(Br)cc(CN)c1OCc1cccnc1. The molecule has 0 aliphatic heterocycles. The predicted molar refractivity (Wildman–Crippen MR) is 75.3 cm³/mol. The minimum absolute atomic E-state index is 0.461. The predicted octanol–water partition coefficient (Wildman–Crippen LogP) is 3.19. The summed E-state index contributed by atoms with van der Waals surface area (Å²) < 4.78 is 6.88. The van der Waals surface area contributed by atoms with Gasteiger partial charge in [0.15, 0.2) is 0 Å². The maximum Gasteiger partial charge on any atom is 0.127 e. The smallest absolute Gasteiger partial charge is 0.127 e. The highest BCUT2D eigenvalue weighted by atomic mass is 79.9. The van der Waals surface area contributed by atoms with Crippen molar-refractivity contribution in [2.75, 3.05) is 0 Å². The van der Waals surface area contributed by atoms with Crippen molar-refractivity contribution < 1.29 is 4.74 Å². The minimum atomic E-state index is 0.461. The zero-order chi connectivity index (χ0) is 13.0. The van der Waals surface area contributed by atoms with Gasteiger partial charge in [-0.05, 0) is 30.7 Å². The molecule has 0 radical (unpaired) electrons. The Bertz CT molecular complexity index is 529. The highest BCUT2D eigenvalue weighted by Crippen LogP contribution is 2.28. The molecule has 1 aromatic heterocycles. The lowest BCUT2D eigenvalue weighted by Gasteiger charge is -2.14. The van der Waals surface area contributed by atoms with Crippen molar-refractivity contribution in [3.05, 3.63) is 57.8 Å². The molecule has 2 rings (SSSR count). The molecule has 18 heavy (non-hydrogen) atoms. The Kier molecular flexibility index (Phi) is 4.33. The van der Waals surface area contributed by atoms with E-state index >= 15 is 0 Å². The molecule has 3 nitrogen and oxygen atoms in total. The summed E-state index contributed by atoms with van der Waals surface area (Å²) in [6.07, 6.45) is 3.55. The lowest BCUT2D eigenvalue weighted by molar-refractivity contribution is 0.300. The molecule has 0 amide bonds. The molecule has 94 valence electrons. The minimum Gasteiger partial charge on any atom is -0.488 e. The summed E-state index contributed by atoms with van der Waals surface area (Å²) >= 11 is 3.46. The van der Waals surface area contributed by atoms with E-state index in [9.17, 15) is 0 Å². The first-order chi connectivity index (χ1) is 8.70. The van der Waals surface area contributed by atoms with Crippen LogP contribution in [0.1, 0.15) is 16.7 Å². The van der Waals surface area contributed by atoms with Gasteiger partial charge < -0.3 is 10.5 Å². The van der Waals surface area contributed by atoms with Crippen LogP contribution in [0.25, 0.3) is 0 Å². The highest BCUT2D eigenvalue weighted by molar-refractivity contribution is 9.10. The molecule has 0 fully saturated rings. The Morgan fingerprint density at radius 1 is 1.39 bits per heavy atom. The summed E-state index contributed by atoms with van der Waals surface area (Å²) in [5, 5.41) is 0. The van der Waals surface area contributed by atoms with Crippen LogP contribution in [-0.4, -0.2) is 4.98 Å². The first-order valence-corrected chi connectivity index (χ1v) is 6.51. The fourth-order valence-corrected chi connectivity index (χ4v) is 2.42. The second-order valence-electron chi connectivity index (χ2n) is 4.07. The number of nitrogens with two attached hydrogens (primary N) is 1.